The molecule has 0 aliphatic heterocycles. The Kier molecular flexibility index (Phi) is 5.78. The summed E-state index contributed by atoms with van der Waals surface area (Å²) in [6, 6.07) is 7.37. The molecule has 6 nitrogen and oxygen atoms in total. The van der Waals surface area contributed by atoms with E-state index in [4.69, 9.17) is 14.5 Å². The first-order valence-electron chi connectivity index (χ1n) is 5.61. The molecule has 102 valence electrons. The van der Waals surface area contributed by atoms with Crippen LogP contribution in [0.3, 0.4) is 0 Å². The first-order chi connectivity index (χ1) is 8.46. The zero-order valence-electron chi connectivity index (χ0n) is 10.3. The summed E-state index contributed by atoms with van der Waals surface area (Å²) in [4.78, 5) is 21.6. The molecule has 1 rings (SSSR count). The van der Waals surface area contributed by atoms with Gasteiger partial charge in [-0.15, -0.1) is 4.67 Å². The van der Waals surface area contributed by atoms with Crippen molar-refractivity contribution in [3.05, 3.63) is 29.8 Å². The number of para-hydroxylation sites is 1. The van der Waals surface area contributed by atoms with Crippen LogP contribution >= 0.6 is 7.82 Å². The predicted octanol–water partition coefficient (Wildman–Crippen LogP) is 2.40. The summed E-state index contributed by atoms with van der Waals surface area (Å²) in [5.74, 6) is 0.612. The first-order valence-corrected chi connectivity index (χ1v) is 7.14. The Hall–Kier alpha value is -0.910. The second-order valence-corrected chi connectivity index (χ2v) is 4.71. The molecule has 7 heteroatoms. The third-order valence-corrected chi connectivity index (χ3v) is 2.47. The van der Waals surface area contributed by atoms with E-state index in [1.54, 1.807) is 13.0 Å². The van der Waals surface area contributed by atoms with Crippen LogP contribution in [-0.2, 0) is 20.5 Å². The molecule has 0 spiro atoms. The van der Waals surface area contributed by atoms with Crippen molar-refractivity contribution in [2.75, 3.05) is 0 Å². The number of rotatable bonds is 7. The van der Waals surface area contributed by atoms with Gasteiger partial charge in [-0.25, -0.2) is 4.57 Å². The summed E-state index contributed by atoms with van der Waals surface area (Å²) >= 11 is 0. The molecule has 0 bridgehead atoms. The smallest absolute Gasteiger partial charge is 0.462 e. The zero-order chi connectivity index (χ0) is 13.6. The van der Waals surface area contributed by atoms with Gasteiger partial charge in [-0.05, 0) is 18.1 Å². The molecule has 0 amide bonds. The maximum Gasteiger partial charge on any atom is 0.497 e. The predicted molar refractivity (Wildman–Crippen MR) is 64.7 cm³/mol. The lowest BCUT2D eigenvalue weighted by molar-refractivity contribution is -0.306. The summed E-state index contributed by atoms with van der Waals surface area (Å²) in [7, 11) is -4.66. The van der Waals surface area contributed by atoms with Crippen molar-refractivity contribution in [3.63, 3.8) is 0 Å². The fraction of sp³-hybridized carbons (Fsp3) is 0.455. The summed E-state index contributed by atoms with van der Waals surface area (Å²) in [6.07, 6.45) is 0.301. The van der Waals surface area contributed by atoms with Gasteiger partial charge in [0.2, 0.25) is 6.29 Å². The second-order valence-electron chi connectivity index (χ2n) is 3.58. The Bertz CT molecular complexity index is 416. The molecular weight excluding hydrogens is 259 g/mol. The Morgan fingerprint density at radius 2 is 1.94 bits per heavy atom. The van der Waals surface area contributed by atoms with Gasteiger partial charge >= 0.3 is 7.82 Å². The minimum Gasteiger partial charge on any atom is -0.462 e. The fourth-order valence-electron chi connectivity index (χ4n) is 1.33. The van der Waals surface area contributed by atoms with Crippen LogP contribution in [0.15, 0.2) is 24.3 Å². The Morgan fingerprint density at radius 1 is 1.28 bits per heavy atom. The van der Waals surface area contributed by atoms with E-state index in [0.717, 1.165) is 12.0 Å². The molecule has 1 aromatic carbocycles. The van der Waals surface area contributed by atoms with E-state index in [1.165, 1.54) is 0 Å². The topological polar surface area (TPSA) is 85.2 Å². The van der Waals surface area contributed by atoms with Crippen LogP contribution in [0, 0.1) is 0 Å². The van der Waals surface area contributed by atoms with Crippen LogP contribution < -0.4 is 4.74 Å². The highest BCUT2D eigenvalue weighted by Crippen LogP contribution is 2.36. The quantitative estimate of drug-likeness (QED) is 0.344. The summed E-state index contributed by atoms with van der Waals surface area (Å²) in [5, 5.41) is 0. The summed E-state index contributed by atoms with van der Waals surface area (Å²) < 4.78 is 20.0. The van der Waals surface area contributed by atoms with E-state index in [0.29, 0.717) is 12.2 Å². The number of benzene rings is 1. The molecule has 18 heavy (non-hydrogen) atoms. The molecule has 0 radical (unpaired) electrons. The van der Waals surface area contributed by atoms with Gasteiger partial charge in [0.25, 0.3) is 0 Å². The Labute approximate surface area is 106 Å². The number of hydrogen-bond acceptors (Lipinski definition) is 4. The monoisotopic (exact) mass is 276 g/mol. The maximum atomic E-state index is 10.5. The van der Waals surface area contributed by atoms with E-state index in [1.807, 2.05) is 25.1 Å². The van der Waals surface area contributed by atoms with E-state index < -0.39 is 14.1 Å². The standard InChI is InChI=1S/C11H17O6P/c1-3-9-7-5-6-8-10(9)15-11(4-2)16-17-18(12,13)14/h5-8,11H,3-4H2,1-2H3,(H2,12,13,14). The van der Waals surface area contributed by atoms with Crippen molar-refractivity contribution in [1.29, 1.82) is 0 Å². The maximum absolute atomic E-state index is 10.5. The average molecular weight is 276 g/mol. The lowest BCUT2D eigenvalue weighted by Gasteiger charge is -2.18. The van der Waals surface area contributed by atoms with Crippen molar-refractivity contribution in [3.8, 4) is 5.75 Å². The molecule has 0 saturated heterocycles. The molecule has 0 aliphatic carbocycles. The van der Waals surface area contributed by atoms with Crippen LogP contribution in [0.4, 0.5) is 0 Å². The Morgan fingerprint density at radius 3 is 2.50 bits per heavy atom. The first kappa shape index (κ1) is 15.1. The largest absolute Gasteiger partial charge is 0.497 e. The third kappa shape index (κ3) is 5.16. The SMILES string of the molecule is CCc1ccccc1OC(CC)OOP(=O)(O)O. The van der Waals surface area contributed by atoms with Crippen LogP contribution in [0.5, 0.6) is 5.75 Å². The molecular formula is C11H17O6P. The molecule has 1 aromatic rings. The summed E-state index contributed by atoms with van der Waals surface area (Å²) in [5.41, 5.74) is 0.982. The molecule has 0 aromatic heterocycles. The minimum atomic E-state index is -4.66. The van der Waals surface area contributed by atoms with Crippen LogP contribution in [0.25, 0.3) is 0 Å². The van der Waals surface area contributed by atoms with Gasteiger partial charge in [-0.2, -0.15) is 4.89 Å². The summed E-state index contributed by atoms with van der Waals surface area (Å²) in [6.45, 7) is 3.73. The molecule has 2 N–H and O–H groups in total. The molecule has 0 aliphatic rings. The zero-order valence-corrected chi connectivity index (χ0v) is 11.2. The minimum absolute atomic E-state index is 0.387. The van der Waals surface area contributed by atoms with E-state index in [9.17, 15) is 4.57 Å². The molecule has 0 saturated carbocycles. The van der Waals surface area contributed by atoms with Gasteiger partial charge in [0, 0.05) is 6.42 Å². The highest BCUT2D eigenvalue weighted by atomic mass is 31.2. The van der Waals surface area contributed by atoms with Gasteiger partial charge in [-0.3, -0.25) is 0 Å². The van der Waals surface area contributed by atoms with Gasteiger partial charge in [0.05, 0.1) is 0 Å². The number of phosphoric acid groups is 1. The van der Waals surface area contributed by atoms with Crippen molar-refractivity contribution >= 4 is 7.82 Å². The third-order valence-electron chi connectivity index (χ3n) is 2.19. The van der Waals surface area contributed by atoms with Crippen LogP contribution in [-0.4, -0.2) is 16.1 Å². The van der Waals surface area contributed by atoms with E-state index in [-0.39, 0.29) is 0 Å². The highest BCUT2D eigenvalue weighted by Gasteiger charge is 2.20. The lowest BCUT2D eigenvalue weighted by Crippen LogP contribution is -2.20. The van der Waals surface area contributed by atoms with Crippen molar-refractivity contribution in [2.45, 2.75) is 33.0 Å². The van der Waals surface area contributed by atoms with E-state index >= 15 is 0 Å². The lowest BCUT2D eigenvalue weighted by atomic mass is 10.1. The molecule has 0 fully saturated rings. The van der Waals surface area contributed by atoms with Gasteiger partial charge < -0.3 is 14.5 Å². The van der Waals surface area contributed by atoms with Gasteiger partial charge in [0.1, 0.15) is 5.75 Å². The Balaban J connectivity index is 2.65. The number of hydrogen-bond donors (Lipinski definition) is 2. The molecule has 1 unspecified atom stereocenters. The van der Waals surface area contributed by atoms with Crippen molar-refractivity contribution in [1.82, 2.24) is 0 Å². The molecule has 1 atom stereocenters. The van der Waals surface area contributed by atoms with Crippen LogP contribution in [0.1, 0.15) is 25.8 Å². The normalized spacial score (nSPS) is 13.3. The van der Waals surface area contributed by atoms with E-state index in [2.05, 4.69) is 9.56 Å². The van der Waals surface area contributed by atoms with Gasteiger partial charge in [0.15, 0.2) is 0 Å². The fourth-order valence-corrected chi connectivity index (χ4v) is 1.54. The molecule has 0 heterocycles. The number of ether oxygens (including phenoxy) is 1. The van der Waals surface area contributed by atoms with Crippen LogP contribution in [0.2, 0.25) is 0 Å². The number of aryl methyl sites for hydroxylation is 1. The highest BCUT2D eigenvalue weighted by molar-refractivity contribution is 7.46. The second kappa shape index (κ2) is 6.87. The van der Waals surface area contributed by atoms with Crippen molar-refractivity contribution in [2.24, 2.45) is 0 Å². The van der Waals surface area contributed by atoms with Gasteiger partial charge in [-0.1, -0.05) is 32.0 Å². The van der Waals surface area contributed by atoms with Crippen molar-refractivity contribution < 1.29 is 28.7 Å². The average Bonchev–Trinajstić information content (AvgIpc) is 2.33.